The van der Waals surface area contributed by atoms with Gasteiger partial charge in [0.05, 0.1) is 6.04 Å². The molecule has 3 fully saturated rings. The molecule has 2 saturated carbocycles. The minimum Gasteiger partial charge on any atom is -0.298 e. The van der Waals surface area contributed by atoms with Crippen molar-refractivity contribution < 1.29 is 4.79 Å². The van der Waals surface area contributed by atoms with E-state index in [9.17, 15) is 4.79 Å². The Kier molecular flexibility index (Phi) is 3.51. The fourth-order valence-corrected chi connectivity index (χ4v) is 4.37. The van der Waals surface area contributed by atoms with Crippen molar-refractivity contribution in [2.45, 2.75) is 76.3 Å². The number of ketones is 1. The molecule has 3 aliphatic rings. The second-order valence-corrected chi connectivity index (χ2v) is 6.22. The van der Waals surface area contributed by atoms with Crippen LogP contribution in [-0.4, -0.2) is 29.3 Å². The predicted octanol–water partition coefficient (Wildman–Crippen LogP) is 3.15. The van der Waals surface area contributed by atoms with Crippen LogP contribution in [0.1, 0.15) is 64.2 Å². The SMILES string of the molecule is O=C1CCCCCC1N1CCCC2CCCC21. The highest BCUT2D eigenvalue weighted by atomic mass is 16.1. The summed E-state index contributed by atoms with van der Waals surface area (Å²) in [4.78, 5) is 14.9. The van der Waals surface area contributed by atoms with Crippen LogP contribution in [0, 0.1) is 5.92 Å². The molecule has 1 heterocycles. The fourth-order valence-electron chi connectivity index (χ4n) is 4.37. The summed E-state index contributed by atoms with van der Waals surface area (Å²) in [5, 5.41) is 0. The molecule has 0 N–H and O–H groups in total. The standard InChI is InChI=1S/C15H25NO/c17-15-10-3-1-2-8-14(15)16-11-5-7-12-6-4-9-13(12)16/h12-14H,1-11H2. The van der Waals surface area contributed by atoms with Gasteiger partial charge in [0.25, 0.3) is 0 Å². The number of hydrogen-bond acceptors (Lipinski definition) is 2. The van der Waals surface area contributed by atoms with Gasteiger partial charge in [0.1, 0.15) is 5.78 Å². The number of fused-ring (bicyclic) bond motifs is 1. The second-order valence-electron chi connectivity index (χ2n) is 6.22. The molecule has 0 amide bonds. The maximum Gasteiger partial charge on any atom is 0.149 e. The highest BCUT2D eigenvalue weighted by Gasteiger charge is 2.40. The fraction of sp³-hybridized carbons (Fsp3) is 0.933. The van der Waals surface area contributed by atoms with Gasteiger partial charge >= 0.3 is 0 Å². The second kappa shape index (κ2) is 5.09. The van der Waals surface area contributed by atoms with E-state index >= 15 is 0 Å². The molecule has 0 spiro atoms. The summed E-state index contributed by atoms with van der Waals surface area (Å²) in [5.41, 5.74) is 0. The number of rotatable bonds is 1. The van der Waals surface area contributed by atoms with Crippen LogP contribution in [0.2, 0.25) is 0 Å². The molecule has 3 rings (SSSR count). The first-order valence-electron chi connectivity index (χ1n) is 7.65. The zero-order valence-corrected chi connectivity index (χ0v) is 10.9. The van der Waals surface area contributed by atoms with Crippen LogP contribution in [0.15, 0.2) is 0 Å². The van der Waals surface area contributed by atoms with E-state index in [0.717, 1.165) is 31.2 Å². The molecule has 1 aliphatic heterocycles. The van der Waals surface area contributed by atoms with E-state index in [2.05, 4.69) is 4.90 Å². The molecule has 1 saturated heterocycles. The third-order valence-electron chi connectivity index (χ3n) is 5.21. The van der Waals surface area contributed by atoms with E-state index in [1.165, 1.54) is 51.5 Å². The number of carbonyl (C=O) groups excluding carboxylic acids is 1. The summed E-state index contributed by atoms with van der Waals surface area (Å²) in [5.74, 6) is 1.47. The highest BCUT2D eigenvalue weighted by molar-refractivity contribution is 5.84. The average molecular weight is 235 g/mol. The van der Waals surface area contributed by atoms with Gasteiger partial charge in [0.15, 0.2) is 0 Å². The van der Waals surface area contributed by atoms with Gasteiger partial charge in [-0.2, -0.15) is 0 Å². The lowest BCUT2D eigenvalue weighted by atomic mass is 9.89. The van der Waals surface area contributed by atoms with Crippen LogP contribution >= 0.6 is 0 Å². The van der Waals surface area contributed by atoms with E-state index in [0.29, 0.717) is 11.8 Å². The minimum absolute atomic E-state index is 0.295. The van der Waals surface area contributed by atoms with Crippen molar-refractivity contribution in [3.8, 4) is 0 Å². The normalized spacial score (nSPS) is 40.0. The van der Waals surface area contributed by atoms with Crippen molar-refractivity contribution in [1.29, 1.82) is 0 Å². The molecule has 0 aromatic carbocycles. The Morgan fingerprint density at radius 2 is 1.76 bits per heavy atom. The smallest absolute Gasteiger partial charge is 0.149 e. The lowest BCUT2D eigenvalue weighted by Crippen LogP contribution is -2.51. The van der Waals surface area contributed by atoms with Crippen LogP contribution in [0.25, 0.3) is 0 Å². The monoisotopic (exact) mass is 235 g/mol. The Bertz CT molecular complexity index is 289. The van der Waals surface area contributed by atoms with Crippen LogP contribution < -0.4 is 0 Å². The summed E-state index contributed by atoms with van der Waals surface area (Å²) in [7, 11) is 0. The van der Waals surface area contributed by atoms with Crippen molar-refractivity contribution in [2.24, 2.45) is 5.92 Å². The van der Waals surface area contributed by atoms with Gasteiger partial charge in [-0.1, -0.05) is 19.3 Å². The molecule has 17 heavy (non-hydrogen) atoms. The van der Waals surface area contributed by atoms with Crippen molar-refractivity contribution in [2.75, 3.05) is 6.54 Å². The molecule has 3 atom stereocenters. The number of nitrogens with zero attached hydrogens (tertiary/aromatic N) is 1. The average Bonchev–Trinajstić information content (AvgIpc) is 2.72. The number of piperidine rings is 1. The molecule has 2 heteroatoms. The molecule has 96 valence electrons. The Balaban J connectivity index is 1.74. The van der Waals surface area contributed by atoms with Gasteiger partial charge in [-0.05, 0) is 51.0 Å². The summed E-state index contributed by atoms with van der Waals surface area (Å²) in [6.07, 6.45) is 12.6. The summed E-state index contributed by atoms with van der Waals surface area (Å²) in [6, 6.07) is 1.05. The molecular formula is C15H25NO. The van der Waals surface area contributed by atoms with Gasteiger partial charge in [0.2, 0.25) is 0 Å². The summed E-state index contributed by atoms with van der Waals surface area (Å²) >= 11 is 0. The molecule has 2 aliphatic carbocycles. The zero-order chi connectivity index (χ0) is 11.7. The Labute approximate surface area is 105 Å². The van der Waals surface area contributed by atoms with E-state index < -0.39 is 0 Å². The number of Topliss-reactive ketones (excluding diaryl/α,β-unsaturated/α-hetero) is 1. The third-order valence-corrected chi connectivity index (χ3v) is 5.21. The lowest BCUT2D eigenvalue weighted by Gasteiger charge is -2.42. The Morgan fingerprint density at radius 3 is 2.71 bits per heavy atom. The Morgan fingerprint density at radius 1 is 0.882 bits per heavy atom. The van der Waals surface area contributed by atoms with Gasteiger partial charge in [-0.15, -0.1) is 0 Å². The molecule has 3 unspecified atom stereocenters. The lowest BCUT2D eigenvalue weighted by molar-refractivity contribution is -0.126. The van der Waals surface area contributed by atoms with Gasteiger partial charge in [0, 0.05) is 12.5 Å². The largest absolute Gasteiger partial charge is 0.298 e. The van der Waals surface area contributed by atoms with Gasteiger partial charge in [-0.3, -0.25) is 9.69 Å². The minimum atomic E-state index is 0.295. The van der Waals surface area contributed by atoms with Gasteiger partial charge < -0.3 is 0 Å². The Hall–Kier alpha value is -0.370. The first kappa shape index (κ1) is 11.7. The predicted molar refractivity (Wildman–Crippen MR) is 68.9 cm³/mol. The highest BCUT2D eigenvalue weighted by Crippen LogP contribution is 2.39. The molecule has 0 aromatic heterocycles. The number of likely N-dealkylation sites (tertiary alicyclic amines) is 1. The summed E-state index contributed by atoms with van der Waals surface area (Å²) < 4.78 is 0. The van der Waals surface area contributed by atoms with Crippen molar-refractivity contribution in [3.63, 3.8) is 0 Å². The zero-order valence-electron chi connectivity index (χ0n) is 10.9. The van der Waals surface area contributed by atoms with Crippen LogP contribution in [0.4, 0.5) is 0 Å². The third kappa shape index (κ3) is 2.29. The van der Waals surface area contributed by atoms with Crippen molar-refractivity contribution in [1.82, 2.24) is 4.90 Å². The van der Waals surface area contributed by atoms with E-state index in [1.807, 2.05) is 0 Å². The maximum atomic E-state index is 12.3. The maximum absolute atomic E-state index is 12.3. The molecule has 0 aromatic rings. The molecule has 0 radical (unpaired) electrons. The quantitative estimate of drug-likeness (QED) is 0.651. The number of hydrogen-bond donors (Lipinski definition) is 0. The topological polar surface area (TPSA) is 20.3 Å². The molecule has 2 nitrogen and oxygen atoms in total. The van der Waals surface area contributed by atoms with Gasteiger partial charge in [-0.25, -0.2) is 0 Å². The van der Waals surface area contributed by atoms with Crippen LogP contribution in [0.3, 0.4) is 0 Å². The van der Waals surface area contributed by atoms with Crippen LogP contribution in [0.5, 0.6) is 0 Å². The first-order valence-corrected chi connectivity index (χ1v) is 7.65. The summed E-state index contributed by atoms with van der Waals surface area (Å²) in [6.45, 7) is 1.19. The van der Waals surface area contributed by atoms with Crippen molar-refractivity contribution >= 4 is 5.78 Å². The molecule has 0 bridgehead atoms. The van der Waals surface area contributed by atoms with Crippen LogP contribution in [-0.2, 0) is 4.79 Å². The number of carbonyl (C=O) groups is 1. The van der Waals surface area contributed by atoms with E-state index in [1.54, 1.807) is 0 Å². The molecular weight excluding hydrogens is 210 g/mol. The van der Waals surface area contributed by atoms with E-state index in [-0.39, 0.29) is 0 Å². The van der Waals surface area contributed by atoms with E-state index in [4.69, 9.17) is 0 Å². The van der Waals surface area contributed by atoms with Crippen molar-refractivity contribution in [3.05, 3.63) is 0 Å². The first-order chi connectivity index (χ1) is 8.36.